The zero-order valence-electron chi connectivity index (χ0n) is 10.1. The molecule has 1 aromatic carbocycles. The van der Waals surface area contributed by atoms with Gasteiger partial charge in [0.15, 0.2) is 0 Å². The third-order valence-corrected chi connectivity index (χ3v) is 3.32. The van der Waals surface area contributed by atoms with Crippen LogP contribution in [0.3, 0.4) is 0 Å². The van der Waals surface area contributed by atoms with E-state index in [0.29, 0.717) is 16.9 Å². The first-order valence-electron chi connectivity index (χ1n) is 5.47. The molecular weight excluding hydrogens is 320 g/mol. The molecule has 114 valence electrons. The molecule has 0 saturated carbocycles. The predicted octanol–water partition coefficient (Wildman–Crippen LogP) is 4.19. The van der Waals surface area contributed by atoms with E-state index in [0.717, 1.165) is 12.1 Å². The predicted molar refractivity (Wildman–Crippen MR) is 63.7 cm³/mol. The minimum atomic E-state index is -4.56. The third-order valence-electron chi connectivity index (χ3n) is 2.39. The van der Waals surface area contributed by atoms with Gasteiger partial charge in [0.05, 0.1) is 5.56 Å². The van der Waals surface area contributed by atoms with Crippen LogP contribution in [0.15, 0.2) is 24.3 Å². The lowest BCUT2D eigenvalue weighted by Gasteiger charge is -2.07. The maximum absolute atomic E-state index is 12.3. The first kappa shape index (κ1) is 15.5. The summed E-state index contributed by atoms with van der Waals surface area (Å²) in [6, 6.07) is 4.28. The number of nitrogens with one attached hydrogen (secondary N) is 1. The van der Waals surface area contributed by atoms with Gasteiger partial charge in [-0.1, -0.05) is 23.5 Å². The third kappa shape index (κ3) is 4.06. The van der Waals surface area contributed by atoms with Gasteiger partial charge in [-0.3, -0.25) is 0 Å². The van der Waals surface area contributed by atoms with Gasteiger partial charge in [0.2, 0.25) is 10.1 Å². The Morgan fingerprint density at radius 3 is 2.00 bits per heavy atom. The van der Waals surface area contributed by atoms with Crippen LogP contribution in [0, 0.1) is 0 Å². The summed E-state index contributed by atoms with van der Waals surface area (Å²) < 4.78 is 73.9. The Hall–Kier alpha value is -1.84. The zero-order valence-corrected chi connectivity index (χ0v) is 10.9. The Kier molecular flexibility index (Phi) is 4.08. The number of halogens is 6. The highest BCUT2D eigenvalue weighted by Crippen LogP contribution is 2.33. The summed E-state index contributed by atoms with van der Waals surface area (Å²) in [5.74, 6) is 0. The Labute approximate surface area is 118 Å². The Bertz CT molecular complexity index is 602. The molecule has 0 aliphatic heterocycles. The monoisotopic (exact) mass is 327 g/mol. The van der Waals surface area contributed by atoms with Crippen molar-refractivity contribution in [3.8, 4) is 0 Å². The number of benzene rings is 1. The summed E-state index contributed by atoms with van der Waals surface area (Å²) in [7, 11) is 0. The van der Waals surface area contributed by atoms with Crippen molar-refractivity contribution in [2.75, 3.05) is 5.32 Å². The molecule has 2 rings (SSSR count). The molecule has 2 aromatic rings. The Balaban J connectivity index is 1.99. The van der Waals surface area contributed by atoms with E-state index in [2.05, 4.69) is 15.5 Å². The van der Waals surface area contributed by atoms with Crippen molar-refractivity contribution in [2.24, 2.45) is 0 Å². The lowest BCUT2D eigenvalue weighted by atomic mass is 10.1. The van der Waals surface area contributed by atoms with Gasteiger partial charge in [-0.15, -0.1) is 10.2 Å². The molecule has 0 fully saturated rings. The molecule has 3 nitrogen and oxygen atoms in total. The summed E-state index contributed by atoms with van der Waals surface area (Å²) in [5, 5.41) is 7.73. The van der Waals surface area contributed by atoms with E-state index >= 15 is 0 Å². The topological polar surface area (TPSA) is 37.8 Å². The fraction of sp³-hybridized carbons (Fsp3) is 0.273. The highest BCUT2D eigenvalue weighted by Gasteiger charge is 2.35. The average molecular weight is 327 g/mol. The van der Waals surface area contributed by atoms with E-state index < -0.39 is 22.9 Å². The van der Waals surface area contributed by atoms with Crippen molar-refractivity contribution >= 4 is 16.5 Å². The van der Waals surface area contributed by atoms with Crippen molar-refractivity contribution in [2.45, 2.75) is 18.9 Å². The minimum absolute atomic E-state index is 0.0463. The van der Waals surface area contributed by atoms with Crippen molar-refractivity contribution in [3.63, 3.8) is 0 Å². The van der Waals surface area contributed by atoms with Gasteiger partial charge in [-0.2, -0.15) is 26.3 Å². The van der Waals surface area contributed by atoms with Crippen LogP contribution in [0.5, 0.6) is 0 Å². The molecule has 1 aromatic heterocycles. The fourth-order valence-electron chi connectivity index (χ4n) is 1.40. The van der Waals surface area contributed by atoms with Gasteiger partial charge >= 0.3 is 12.4 Å². The molecule has 10 heteroatoms. The number of hydrogen-bond acceptors (Lipinski definition) is 4. The molecule has 1 heterocycles. The van der Waals surface area contributed by atoms with Gasteiger partial charge < -0.3 is 5.32 Å². The lowest BCUT2D eigenvalue weighted by molar-refractivity contribution is -0.138. The Morgan fingerprint density at radius 1 is 0.905 bits per heavy atom. The second-order valence-corrected chi connectivity index (χ2v) is 4.94. The van der Waals surface area contributed by atoms with Crippen LogP contribution in [0.4, 0.5) is 31.5 Å². The average Bonchev–Trinajstić information content (AvgIpc) is 2.84. The molecule has 21 heavy (non-hydrogen) atoms. The molecule has 0 radical (unpaired) electrons. The van der Waals surface area contributed by atoms with E-state index in [1.807, 2.05) is 0 Å². The first-order chi connectivity index (χ1) is 9.66. The van der Waals surface area contributed by atoms with Gasteiger partial charge in [0, 0.05) is 6.54 Å². The highest BCUT2D eigenvalue weighted by molar-refractivity contribution is 7.15. The van der Waals surface area contributed by atoms with E-state index in [-0.39, 0.29) is 11.7 Å². The quantitative estimate of drug-likeness (QED) is 0.859. The highest BCUT2D eigenvalue weighted by atomic mass is 32.1. The van der Waals surface area contributed by atoms with Crippen LogP contribution in [0.25, 0.3) is 0 Å². The smallest absolute Gasteiger partial charge is 0.356 e. The van der Waals surface area contributed by atoms with Crippen molar-refractivity contribution in [1.29, 1.82) is 0 Å². The number of rotatable bonds is 3. The molecule has 0 atom stereocenters. The summed E-state index contributed by atoms with van der Waals surface area (Å²) >= 11 is 0.328. The fourth-order valence-corrected chi connectivity index (χ4v) is 2.00. The molecule has 0 saturated heterocycles. The molecule has 0 spiro atoms. The Morgan fingerprint density at radius 2 is 1.52 bits per heavy atom. The van der Waals surface area contributed by atoms with Crippen molar-refractivity contribution in [1.82, 2.24) is 10.2 Å². The number of alkyl halides is 6. The number of aromatic nitrogens is 2. The van der Waals surface area contributed by atoms with Gasteiger partial charge in [-0.05, 0) is 17.7 Å². The molecular formula is C11H7F6N3S. The molecule has 0 amide bonds. The lowest BCUT2D eigenvalue weighted by Crippen LogP contribution is -2.05. The van der Waals surface area contributed by atoms with Crippen LogP contribution >= 0.6 is 11.3 Å². The van der Waals surface area contributed by atoms with Gasteiger partial charge in [0.1, 0.15) is 0 Å². The minimum Gasteiger partial charge on any atom is -0.356 e. The van der Waals surface area contributed by atoms with E-state index in [1.165, 1.54) is 12.1 Å². The molecule has 0 unspecified atom stereocenters. The maximum Gasteiger partial charge on any atom is 0.445 e. The largest absolute Gasteiger partial charge is 0.445 e. The number of nitrogens with zero attached hydrogens (tertiary/aromatic N) is 2. The van der Waals surface area contributed by atoms with Gasteiger partial charge in [-0.25, -0.2) is 0 Å². The van der Waals surface area contributed by atoms with E-state index in [4.69, 9.17) is 0 Å². The van der Waals surface area contributed by atoms with Crippen LogP contribution in [0.1, 0.15) is 16.1 Å². The van der Waals surface area contributed by atoms with Gasteiger partial charge in [0.25, 0.3) is 0 Å². The molecule has 1 N–H and O–H groups in total. The number of anilines is 1. The second-order valence-electron chi connectivity index (χ2n) is 3.96. The summed E-state index contributed by atoms with van der Waals surface area (Å²) in [6.07, 6.45) is -8.99. The normalized spacial score (nSPS) is 12.5. The summed E-state index contributed by atoms with van der Waals surface area (Å²) in [6.45, 7) is 0.0463. The number of hydrogen-bond donors (Lipinski definition) is 1. The van der Waals surface area contributed by atoms with E-state index in [1.54, 1.807) is 0 Å². The first-order valence-corrected chi connectivity index (χ1v) is 6.28. The molecule has 0 aliphatic carbocycles. The van der Waals surface area contributed by atoms with E-state index in [9.17, 15) is 26.3 Å². The van der Waals surface area contributed by atoms with Crippen LogP contribution in [-0.4, -0.2) is 10.2 Å². The van der Waals surface area contributed by atoms with Crippen molar-refractivity contribution < 1.29 is 26.3 Å². The molecule has 0 aliphatic rings. The van der Waals surface area contributed by atoms with Crippen LogP contribution < -0.4 is 5.32 Å². The summed E-state index contributed by atoms with van der Waals surface area (Å²) in [5.41, 5.74) is -0.312. The van der Waals surface area contributed by atoms with Crippen LogP contribution in [-0.2, 0) is 18.9 Å². The SMILES string of the molecule is FC(F)(F)c1ccc(CNc2nnc(C(F)(F)F)s2)cc1. The zero-order chi connectivity index (χ0) is 15.7. The molecule has 0 bridgehead atoms. The van der Waals surface area contributed by atoms with Crippen molar-refractivity contribution in [3.05, 3.63) is 40.4 Å². The maximum atomic E-state index is 12.3. The standard InChI is InChI=1S/C11H7F6N3S/c12-10(13,14)7-3-1-6(2-4-7)5-18-9-20-19-8(21-9)11(15,16)17/h1-4H,5H2,(H,18,20). The summed E-state index contributed by atoms with van der Waals surface area (Å²) in [4.78, 5) is 0. The van der Waals surface area contributed by atoms with Crippen LogP contribution in [0.2, 0.25) is 0 Å². The second kappa shape index (κ2) is 5.51.